The van der Waals surface area contributed by atoms with Gasteiger partial charge in [-0.1, -0.05) is 17.7 Å². The van der Waals surface area contributed by atoms with E-state index < -0.39 is 0 Å². The molecule has 3 nitrogen and oxygen atoms in total. The lowest BCUT2D eigenvalue weighted by atomic mass is 10.1. The number of allylic oxidation sites excluding steroid dienone is 1. The highest BCUT2D eigenvalue weighted by atomic mass is 16.5. The van der Waals surface area contributed by atoms with Gasteiger partial charge in [0.1, 0.15) is 5.75 Å². The van der Waals surface area contributed by atoms with Gasteiger partial charge in [0, 0.05) is 6.08 Å². The van der Waals surface area contributed by atoms with Crippen LogP contribution in [0.3, 0.4) is 0 Å². The van der Waals surface area contributed by atoms with E-state index in [1.807, 2.05) is 19.1 Å². The van der Waals surface area contributed by atoms with E-state index in [0.29, 0.717) is 6.61 Å². The average molecular weight is 234 g/mol. The second-order valence-electron chi connectivity index (χ2n) is 3.91. The second-order valence-corrected chi connectivity index (χ2v) is 3.91. The van der Waals surface area contributed by atoms with Crippen molar-refractivity contribution in [3.8, 4) is 5.75 Å². The molecule has 3 heteroatoms. The van der Waals surface area contributed by atoms with Gasteiger partial charge in [-0.3, -0.25) is 0 Å². The van der Waals surface area contributed by atoms with Crippen LogP contribution in [-0.2, 0) is 16.0 Å². The molecule has 1 rings (SSSR count). The highest BCUT2D eigenvalue weighted by Crippen LogP contribution is 2.13. The van der Waals surface area contributed by atoms with E-state index in [-0.39, 0.29) is 11.7 Å². The first-order valence-electron chi connectivity index (χ1n) is 5.73. The number of phenolic OH excluding ortho intramolecular Hbond substituents is 1. The molecule has 0 fully saturated rings. The first kappa shape index (κ1) is 13.3. The van der Waals surface area contributed by atoms with Gasteiger partial charge in [0.25, 0.3) is 0 Å². The summed E-state index contributed by atoms with van der Waals surface area (Å²) in [5.74, 6) is -0.0109. The van der Waals surface area contributed by atoms with Gasteiger partial charge in [-0.2, -0.15) is 0 Å². The van der Waals surface area contributed by atoms with E-state index in [9.17, 15) is 4.79 Å². The fraction of sp³-hybridized carbons (Fsp3) is 0.357. The van der Waals surface area contributed by atoms with Crippen LogP contribution < -0.4 is 0 Å². The molecule has 0 aromatic heterocycles. The minimum atomic E-state index is -0.282. The van der Waals surface area contributed by atoms with Crippen molar-refractivity contribution in [1.29, 1.82) is 0 Å². The smallest absolute Gasteiger partial charge is 0.330 e. The molecule has 0 aliphatic rings. The first-order valence-corrected chi connectivity index (χ1v) is 5.73. The van der Waals surface area contributed by atoms with Crippen LogP contribution in [0.5, 0.6) is 5.75 Å². The number of ether oxygens (including phenoxy) is 1. The molecular formula is C14H18O3. The molecule has 0 bridgehead atoms. The molecule has 0 spiro atoms. The normalized spacial score (nSPS) is 11.3. The predicted molar refractivity (Wildman–Crippen MR) is 66.8 cm³/mol. The van der Waals surface area contributed by atoms with Crippen LogP contribution in [-0.4, -0.2) is 17.7 Å². The summed E-state index contributed by atoms with van der Waals surface area (Å²) < 4.78 is 4.83. The molecule has 1 aromatic carbocycles. The zero-order valence-corrected chi connectivity index (χ0v) is 10.3. The number of phenols is 1. The van der Waals surface area contributed by atoms with E-state index in [1.165, 1.54) is 6.08 Å². The molecule has 0 heterocycles. The zero-order chi connectivity index (χ0) is 12.7. The van der Waals surface area contributed by atoms with Crippen molar-refractivity contribution in [2.45, 2.75) is 26.7 Å². The number of carbonyl (C=O) groups excluding carboxylic acids is 1. The number of aryl methyl sites for hydroxylation is 1. The molecule has 1 N–H and O–H groups in total. The summed E-state index contributed by atoms with van der Waals surface area (Å²) in [6.45, 7) is 4.11. The monoisotopic (exact) mass is 234 g/mol. The van der Waals surface area contributed by atoms with Crippen LogP contribution >= 0.6 is 0 Å². The summed E-state index contributed by atoms with van der Waals surface area (Å²) in [6.07, 6.45) is 3.19. The van der Waals surface area contributed by atoms with Crippen LogP contribution in [0.15, 0.2) is 35.9 Å². The third kappa shape index (κ3) is 5.20. The van der Waals surface area contributed by atoms with Crippen LogP contribution in [0.1, 0.15) is 25.8 Å². The number of hydrogen-bond acceptors (Lipinski definition) is 3. The van der Waals surface area contributed by atoms with E-state index in [4.69, 9.17) is 9.84 Å². The summed E-state index contributed by atoms with van der Waals surface area (Å²) in [5.41, 5.74) is 2.14. The topological polar surface area (TPSA) is 46.5 Å². The van der Waals surface area contributed by atoms with Gasteiger partial charge in [-0.25, -0.2) is 4.79 Å². The molecule has 0 unspecified atom stereocenters. The van der Waals surface area contributed by atoms with Gasteiger partial charge in [0.05, 0.1) is 6.61 Å². The van der Waals surface area contributed by atoms with Crippen LogP contribution in [0.25, 0.3) is 0 Å². The van der Waals surface area contributed by atoms with Gasteiger partial charge in [0.2, 0.25) is 0 Å². The Hall–Kier alpha value is -1.77. The molecule has 0 amide bonds. The Balaban J connectivity index is 2.45. The molecule has 1 aromatic rings. The summed E-state index contributed by atoms with van der Waals surface area (Å²) in [7, 11) is 0. The van der Waals surface area contributed by atoms with Crippen molar-refractivity contribution in [1.82, 2.24) is 0 Å². The Bertz CT molecular complexity index is 390. The maximum atomic E-state index is 11.2. The zero-order valence-electron chi connectivity index (χ0n) is 10.3. The highest BCUT2D eigenvalue weighted by molar-refractivity contribution is 5.82. The van der Waals surface area contributed by atoms with Crippen molar-refractivity contribution in [3.63, 3.8) is 0 Å². The number of carbonyl (C=O) groups is 1. The average Bonchev–Trinajstić information content (AvgIpc) is 2.28. The standard InChI is InChI=1S/C14H18O3/c1-3-17-14(16)10-11(2)4-5-12-6-8-13(15)9-7-12/h6-10,15H,3-5H2,1-2H3/b11-10+. The van der Waals surface area contributed by atoms with Gasteiger partial charge < -0.3 is 9.84 Å². The number of aromatic hydroxyl groups is 1. The summed E-state index contributed by atoms with van der Waals surface area (Å²) in [6, 6.07) is 7.10. The van der Waals surface area contributed by atoms with Crippen molar-refractivity contribution in [3.05, 3.63) is 41.5 Å². The lowest BCUT2D eigenvalue weighted by molar-refractivity contribution is -0.137. The lowest BCUT2D eigenvalue weighted by Crippen LogP contribution is -2.00. The maximum absolute atomic E-state index is 11.2. The van der Waals surface area contributed by atoms with E-state index >= 15 is 0 Å². The van der Waals surface area contributed by atoms with E-state index in [0.717, 1.165) is 24.0 Å². The SMILES string of the molecule is CCOC(=O)/C=C(\C)CCc1ccc(O)cc1. The predicted octanol–water partition coefficient (Wildman–Crippen LogP) is 2.83. The van der Waals surface area contributed by atoms with Crippen LogP contribution in [0.4, 0.5) is 0 Å². The molecule has 0 saturated carbocycles. The number of rotatable bonds is 5. The summed E-state index contributed by atoms with van der Waals surface area (Å²) >= 11 is 0. The van der Waals surface area contributed by atoms with Gasteiger partial charge in [0.15, 0.2) is 0 Å². The second kappa shape index (κ2) is 6.74. The Labute approximate surface area is 102 Å². The van der Waals surface area contributed by atoms with Gasteiger partial charge >= 0.3 is 5.97 Å². The molecule has 92 valence electrons. The van der Waals surface area contributed by atoms with Crippen molar-refractivity contribution in [2.75, 3.05) is 6.61 Å². The van der Waals surface area contributed by atoms with Crippen molar-refractivity contribution >= 4 is 5.97 Å². The minimum absolute atomic E-state index is 0.271. The van der Waals surface area contributed by atoms with Crippen LogP contribution in [0.2, 0.25) is 0 Å². The quantitative estimate of drug-likeness (QED) is 0.629. The largest absolute Gasteiger partial charge is 0.508 e. The molecule has 0 aliphatic heterocycles. The maximum Gasteiger partial charge on any atom is 0.330 e. The Kier molecular flexibility index (Phi) is 5.27. The number of benzene rings is 1. The Morgan fingerprint density at radius 3 is 2.59 bits per heavy atom. The highest BCUT2D eigenvalue weighted by Gasteiger charge is 1.99. The third-order valence-corrected chi connectivity index (χ3v) is 2.40. The van der Waals surface area contributed by atoms with Gasteiger partial charge in [-0.15, -0.1) is 0 Å². The lowest BCUT2D eigenvalue weighted by Gasteiger charge is -2.03. The van der Waals surface area contributed by atoms with E-state index in [2.05, 4.69) is 0 Å². The molecule has 0 radical (unpaired) electrons. The fourth-order valence-corrected chi connectivity index (χ4v) is 1.46. The van der Waals surface area contributed by atoms with Crippen LogP contribution in [0, 0.1) is 0 Å². The first-order chi connectivity index (χ1) is 8.11. The fourth-order valence-electron chi connectivity index (χ4n) is 1.46. The Morgan fingerprint density at radius 2 is 2.00 bits per heavy atom. The van der Waals surface area contributed by atoms with Crippen molar-refractivity contribution in [2.24, 2.45) is 0 Å². The number of hydrogen-bond donors (Lipinski definition) is 1. The molecular weight excluding hydrogens is 216 g/mol. The van der Waals surface area contributed by atoms with Gasteiger partial charge in [-0.05, 0) is 44.4 Å². The van der Waals surface area contributed by atoms with Crippen molar-refractivity contribution < 1.29 is 14.6 Å². The molecule has 0 atom stereocenters. The molecule has 0 saturated heterocycles. The molecule has 0 aliphatic carbocycles. The molecule has 17 heavy (non-hydrogen) atoms. The number of esters is 1. The summed E-state index contributed by atoms with van der Waals surface area (Å²) in [5, 5.41) is 9.14. The minimum Gasteiger partial charge on any atom is -0.508 e. The third-order valence-electron chi connectivity index (χ3n) is 2.40. The summed E-state index contributed by atoms with van der Waals surface area (Å²) in [4.78, 5) is 11.2. The Morgan fingerprint density at radius 1 is 1.35 bits per heavy atom. The van der Waals surface area contributed by atoms with E-state index in [1.54, 1.807) is 19.1 Å².